The molecule has 0 saturated heterocycles. The van der Waals surface area contributed by atoms with Gasteiger partial charge in [-0.15, -0.1) is 0 Å². The first kappa shape index (κ1) is 17.3. The Morgan fingerprint density at radius 3 is 2.69 bits per heavy atom. The number of aromatic amines is 1. The topological polar surface area (TPSA) is 79.0 Å². The van der Waals surface area contributed by atoms with Crippen molar-refractivity contribution in [3.63, 3.8) is 0 Å². The lowest BCUT2D eigenvalue weighted by molar-refractivity contribution is 0.0937. The van der Waals surface area contributed by atoms with Crippen molar-refractivity contribution in [3.8, 4) is 17.0 Å². The summed E-state index contributed by atoms with van der Waals surface area (Å²) in [5.41, 5.74) is 8.79. The van der Waals surface area contributed by atoms with Crippen molar-refractivity contribution >= 4 is 11.6 Å². The van der Waals surface area contributed by atoms with Gasteiger partial charge >= 0.3 is 0 Å². The molecule has 0 fully saturated rings. The molecular formula is C20H20N4O2. The molecule has 26 heavy (non-hydrogen) atoms. The number of hydrazine groups is 1. The van der Waals surface area contributed by atoms with E-state index >= 15 is 0 Å². The van der Waals surface area contributed by atoms with E-state index in [-0.39, 0.29) is 5.91 Å². The molecule has 1 aromatic heterocycles. The molecule has 0 spiro atoms. The molecule has 0 saturated carbocycles. The first-order valence-corrected chi connectivity index (χ1v) is 8.26. The highest BCUT2D eigenvalue weighted by Gasteiger charge is 2.11. The van der Waals surface area contributed by atoms with Gasteiger partial charge < -0.3 is 4.74 Å². The Balaban J connectivity index is 1.65. The molecule has 132 valence electrons. The van der Waals surface area contributed by atoms with Gasteiger partial charge in [0, 0.05) is 5.56 Å². The van der Waals surface area contributed by atoms with E-state index in [1.807, 2.05) is 61.5 Å². The van der Waals surface area contributed by atoms with Crippen LogP contribution in [0.2, 0.25) is 0 Å². The fourth-order valence-electron chi connectivity index (χ4n) is 2.41. The van der Waals surface area contributed by atoms with Crippen LogP contribution in [-0.4, -0.2) is 22.7 Å². The van der Waals surface area contributed by atoms with E-state index in [0.717, 1.165) is 16.9 Å². The van der Waals surface area contributed by atoms with Crippen LogP contribution in [0, 0.1) is 0 Å². The zero-order valence-electron chi connectivity index (χ0n) is 14.5. The molecule has 0 radical (unpaired) electrons. The number of rotatable bonds is 7. The number of hydrogen-bond donors (Lipinski definition) is 3. The number of aromatic nitrogens is 2. The van der Waals surface area contributed by atoms with Crippen LogP contribution in [0.25, 0.3) is 17.0 Å². The van der Waals surface area contributed by atoms with Gasteiger partial charge in [0.1, 0.15) is 11.4 Å². The van der Waals surface area contributed by atoms with Crippen molar-refractivity contribution in [2.75, 3.05) is 6.61 Å². The van der Waals surface area contributed by atoms with Crippen LogP contribution in [0.1, 0.15) is 23.0 Å². The van der Waals surface area contributed by atoms with Gasteiger partial charge in [0.25, 0.3) is 5.91 Å². The van der Waals surface area contributed by atoms with E-state index in [2.05, 4.69) is 27.6 Å². The maximum atomic E-state index is 12.3. The van der Waals surface area contributed by atoms with Crippen LogP contribution in [0.15, 0.2) is 67.2 Å². The van der Waals surface area contributed by atoms with Crippen molar-refractivity contribution in [3.05, 3.63) is 78.5 Å². The van der Waals surface area contributed by atoms with Crippen LogP contribution in [-0.2, 0) is 0 Å². The maximum Gasteiger partial charge on any atom is 0.287 e. The lowest BCUT2D eigenvalue weighted by Gasteiger charge is -2.10. The molecule has 6 heteroatoms. The molecule has 3 rings (SSSR count). The average molecular weight is 348 g/mol. The molecule has 1 heterocycles. The number of benzene rings is 2. The zero-order valence-corrected chi connectivity index (χ0v) is 14.5. The van der Waals surface area contributed by atoms with Gasteiger partial charge in [0.2, 0.25) is 0 Å². The Bertz CT molecular complexity index is 903. The molecule has 2 aromatic carbocycles. The summed E-state index contributed by atoms with van der Waals surface area (Å²) in [6.45, 7) is 6.43. The SMILES string of the molecule is C=C(NNC(=O)c1cc(-c2cccc(OCC)c2)n[nH]1)c1ccccc1. The van der Waals surface area contributed by atoms with Crippen molar-refractivity contribution in [2.45, 2.75) is 6.92 Å². The van der Waals surface area contributed by atoms with Gasteiger partial charge in [-0.3, -0.25) is 20.7 Å². The van der Waals surface area contributed by atoms with Crippen molar-refractivity contribution in [1.82, 2.24) is 21.0 Å². The first-order valence-electron chi connectivity index (χ1n) is 8.26. The van der Waals surface area contributed by atoms with E-state index in [1.165, 1.54) is 0 Å². The lowest BCUT2D eigenvalue weighted by Crippen LogP contribution is -2.36. The van der Waals surface area contributed by atoms with Gasteiger partial charge in [-0.25, -0.2) is 0 Å². The lowest BCUT2D eigenvalue weighted by atomic mass is 10.1. The van der Waals surface area contributed by atoms with E-state index in [0.29, 0.717) is 23.7 Å². The summed E-state index contributed by atoms with van der Waals surface area (Å²) in [6.07, 6.45) is 0. The highest BCUT2D eigenvalue weighted by molar-refractivity contribution is 5.93. The summed E-state index contributed by atoms with van der Waals surface area (Å²) in [6, 6.07) is 18.8. The van der Waals surface area contributed by atoms with Crippen molar-refractivity contribution in [1.29, 1.82) is 0 Å². The molecule has 0 unspecified atom stereocenters. The monoisotopic (exact) mass is 348 g/mol. The minimum absolute atomic E-state index is 0.332. The molecule has 0 aliphatic rings. The Kier molecular flexibility index (Phi) is 5.34. The minimum atomic E-state index is -0.332. The normalized spacial score (nSPS) is 10.2. The number of amides is 1. The Labute approximate surface area is 151 Å². The van der Waals surface area contributed by atoms with Crippen molar-refractivity contribution in [2.24, 2.45) is 0 Å². The fourth-order valence-corrected chi connectivity index (χ4v) is 2.41. The number of ether oxygens (including phenoxy) is 1. The van der Waals surface area contributed by atoms with E-state index < -0.39 is 0 Å². The molecule has 0 aliphatic carbocycles. The highest BCUT2D eigenvalue weighted by atomic mass is 16.5. The van der Waals surface area contributed by atoms with Crippen LogP contribution < -0.4 is 15.6 Å². The Hall–Kier alpha value is -3.54. The van der Waals surface area contributed by atoms with Crippen LogP contribution in [0.5, 0.6) is 5.75 Å². The summed E-state index contributed by atoms with van der Waals surface area (Å²) in [5, 5.41) is 6.95. The number of nitrogens with zero attached hydrogens (tertiary/aromatic N) is 1. The number of H-pyrrole nitrogens is 1. The van der Waals surface area contributed by atoms with Gasteiger partial charge in [-0.2, -0.15) is 5.10 Å². The van der Waals surface area contributed by atoms with Crippen LogP contribution in [0.3, 0.4) is 0 Å². The third-order valence-corrected chi connectivity index (χ3v) is 3.71. The second-order valence-electron chi connectivity index (χ2n) is 5.55. The summed E-state index contributed by atoms with van der Waals surface area (Å²) in [7, 11) is 0. The average Bonchev–Trinajstić information content (AvgIpc) is 3.17. The van der Waals surface area contributed by atoms with Crippen LogP contribution in [0.4, 0.5) is 0 Å². The molecular weight excluding hydrogens is 328 g/mol. The van der Waals surface area contributed by atoms with Gasteiger partial charge in [-0.1, -0.05) is 49.0 Å². The summed E-state index contributed by atoms with van der Waals surface area (Å²) >= 11 is 0. The second kappa shape index (κ2) is 8.02. The predicted molar refractivity (Wildman–Crippen MR) is 101 cm³/mol. The first-order chi connectivity index (χ1) is 12.7. The molecule has 3 N–H and O–H groups in total. The molecule has 6 nitrogen and oxygen atoms in total. The molecule has 3 aromatic rings. The summed E-state index contributed by atoms with van der Waals surface area (Å²) in [4.78, 5) is 12.3. The fraction of sp³-hybridized carbons (Fsp3) is 0.100. The smallest absolute Gasteiger partial charge is 0.287 e. The van der Waals surface area contributed by atoms with E-state index in [1.54, 1.807) is 6.07 Å². The third-order valence-electron chi connectivity index (χ3n) is 3.71. The standard InChI is InChI=1S/C20H20N4O2/c1-3-26-17-11-7-10-16(12-17)18-13-19(23-22-18)20(25)24-21-14(2)15-8-5-4-6-9-15/h4-13,21H,2-3H2,1H3,(H,22,23)(H,24,25). The molecule has 0 bridgehead atoms. The van der Waals surface area contributed by atoms with Gasteiger partial charge in [0.15, 0.2) is 0 Å². The van der Waals surface area contributed by atoms with E-state index in [9.17, 15) is 4.79 Å². The number of carbonyl (C=O) groups excluding carboxylic acids is 1. The highest BCUT2D eigenvalue weighted by Crippen LogP contribution is 2.22. The second-order valence-corrected chi connectivity index (χ2v) is 5.55. The third kappa shape index (κ3) is 4.10. The number of carbonyl (C=O) groups is 1. The number of hydrogen-bond acceptors (Lipinski definition) is 4. The largest absolute Gasteiger partial charge is 0.494 e. The Morgan fingerprint density at radius 2 is 1.92 bits per heavy atom. The van der Waals surface area contributed by atoms with Gasteiger partial charge in [0.05, 0.1) is 18.0 Å². The zero-order chi connectivity index (χ0) is 18.4. The maximum absolute atomic E-state index is 12.3. The van der Waals surface area contributed by atoms with Crippen LogP contribution >= 0.6 is 0 Å². The quantitative estimate of drug-likeness (QED) is 0.572. The summed E-state index contributed by atoms with van der Waals surface area (Å²) in [5.74, 6) is 0.432. The molecule has 0 atom stereocenters. The number of nitrogens with one attached hydrogen (secondary N) is 3. The molecule has 0 aliphatic heterocycles. The predicted octanol–water partition coefficient (Wildman–Crippen LogP) is 3.38. The van der Waals surface area contributed by atoms with Gasteiger partial charge in [-0.05, 0) is 30.7 Å². The van der Waals surface area contributed by atoms with Crippen molar-refractivity contribution < 1.29 is 9.53 Å². The summed E-state index contributed by atoms with van der Waals surface area (Å²) < 4.78 is 5.49. The van der Waals surface area contributed by atoms with E-state index in [4.69, 9.17) is 4.74 Å². The molecule has 1 amide bonds. The Morgan fingerprint density at radius 1 is 1.12 bits per heavy atom. The minimum Gasteiger partial charge on any atom is -0.494 e.